The van der Waals surface area contributed by atoms with Crippen LogP contribution in [0.25, 0.3) is 11.1 Å². The molecule has 128 heavy (non-hydrogen) atoms. The number of carbonyl (C=O) groups excluding carboxylic acids is 7. The number of piperazine rings is 1. The molecule has 9 aliphatic heterocycles. The molecule has 0 aromatic heterocycles. The van der Waals surface area contributed by atoms with Crippen LogP contribution < -0.4 is 68.2 Å². The summed E-state index contributed by atoms with van der Waals surface area (Å²) in [5, 5.41) is 160. The van der Waals surface area contributed by atoms with Gasteiger partial charge in [-0.25, -0.2) is 4.79 Å². The number of carboxylic acids is 1. The Labute approximate surface area is 744 Å². The minimum atomic E-state index is -2.42. The van der Waals surface area contributed by atoms with E-state index in [9.17, 15) is 75.7 Å². The number of phenols is 3. The number of primary amides is 1. The van der Waals surface area contributed by atoms with Crippen molar-refractivity contribution in [3.05, 3.63) is 153 Å². The summed E-state index contributed by atoms with van der Waals surface area (Å²) in [6, 6.07) is 9.22. The Balaban J connectivity index is 0.0000149. The second kappa shape index (κ2) is 41.2. The molecule has 4 fully saturated rings. The number of nitrogens with two attached hydrogens (primary N) is 2. The highest BCUT2D eigenvalue weighted by molar-refractivity contribution is 6.32. The van der Waals surface area contributed by atoms with Crippen LogP contribution in [0.1, 0.15) is 118 Å². The lowest BCUT2D eigenvalue weighted by Gasteiger charge is -2.46. The van der Waals surface area contributed by atoms with Crippen molar-refractivity contribution in [1.29, 1.82) is 0 Å². The van der Waals surface area contributed by atoms with E-state index in [4.69, 9.17) is 72.6 Å². The zero-order valence-corrected chi connectivity index (χ0v) is 70.9. The summed E-state index contributed by atoms with van der Waals surface area (Å²) in [5.74, 6) is -16.6. The number of carboxylic acid groups (broad SMARTS) is 1. The Bertz CT molecular complexity index is 5040. The Morgan fingerprint density at radius 3 is 1.91 bits per heavy atom. The predicted molar refractivity (Wildman–Crippen MR) is 453 cm³/mol. The van der Waals surface area contributed by atoms with Crippen molar-refractivity contribution in [3.8, 4) is 57.1 Å². The van der Waals surface area contributed by atoms with Gasteiger partial charge in [0.1, 0.15) is 120 Å². The van der Waals surface area contributed by atoms with E-state index in [-0.39, 0.29) is 49.4 Å². The molecule has 23 atom stereocenters. The number of ether oxygens (including phenoxy) is 8. The maximum absolute atomic E-state index is 16.4. The minimum absolute atomic E-state index is 0. The van der Waals surface area contributed by atoms with E-state index in [1.807, 2.05) is 32.0 Å². The third kappa shape index (κ3) is 21.7. The monoisotopic (exact) mass is 1830 g/mol. The first-order chi connectivity index (χ1) is 60.4. The van der Waals surface area contributed by atoms with Crippen molar-refractivity contribution in [2.24, 2.45) is 17.4 Å². The Hall–Kier alpha value is -10.3. The highest BCUT2D eigenvalue weighted by Gasteiger charge is 2.53. The lowest BCUT2D eigenvalue weighted by atomic mass is 9.86. The number of hydrogen-bond acceptors (Lipinski definition) is 32. The lowest BCUT2D eigenvalue weighted by molar-refractivity contribution is -0.350. The fourth-order valence-electron chi connectivity index (χ4n) is 16.5. The van der Waals surface area contributed by atoms with Crippen LogP contribution in [0.2, 0.25) is 10.0 Å². The molecule has 6 aromatic carbocycles. The van der Waals surface area contributed by atoms with Crippen molar-refractivity contribution in [1.82, 2.24) is 52.3 Å². The highest BCUT2D eigenvalue weighted by atomic mass is 35.5. The third-order valence-electron chi connectivity index (χ3n) is 23.4. The van der Waals surface area contributed by atoms with Gasteiger partial charge in [-0.05, 0) is 116 Å². The van der Waals surface area contributed by atoms with Crippen LogP contribution in [0.5, 0.6) is 46.0 Å². The van der Waals surface area contributed by atoms with E-state index < -0.39 is 279 Å². The van der Waals surface area contributed by atoms with Crippen LogP contribution in [0, 0.1) is 5.92 Å². The first kappa shape index (κ1) is 96.8. The van der Waals surface area contributed by atoms with E-state index >= 15 is 24.0 Å². The van der Waals surface area contributed by atoms with E-state index in [0.29, 0.717) is 13.1 Å². The first-order valence-electron chi connectivity index (χ1n) is 41.2. The number of amides is 7. The molecule has 0 aliphatic carbocycles. The average molecular weight is 1830 g/mol. The number of fused-ring (bicyclic) bond motifs is 15. The number of aliphatic carboxylic acids is 1. The van der Waals surface area contributed by atoms with Gasteiger partial charge in [0.2, 0.25) is 53.4 Å². The molecule has 15 rings (SSSR count). The summed E-state index contributed by atoms with van der Waals surface area (Å²) in [6.07, 6.45) is -28.8. The van der Waals surface area contributed by atoms with Crippen LogP contribution in [-0.4, -0.2) is 287 Å². The second-order valence-electron chi connectivity index (χ2n) is 33.1. The van der Waals surface area contributed by atoms with Crippen LogP contribution >= 0.6 is 23.2 Å². The van der Waals surface area contributed by atoms with Crippen molar-refractivity contribution in [2.75, 3.05) is 59.5 Å². The number of aliphatic hydroxyl groups excluding tert-OH is 8. The summed E-state index contributed by atoms with van der Waals surface area (Å²) in [6.45, 7) is 10.4. The first-order valence-corrected chi connectivity index (χ1v) is 41.9. The molecule has 0 saturated carbocycles. The van der Waals surface area contributed by atoms with E-state index in [1.165, 1.54) is 38.6 Å². The second-order valence-corrected chi connectivity index (χ2v) is 34.0. The fourth-order valence-corrected chi connectivity index (χ4v) is 16.9. The summed E-state index contributed by atoms with van der Waals surface area (Å²) in [5.41, 5.74) is 9.25. The molecular formula is C86H108Cl2N12O28. The molecule has 2 unspecified atom stereocenters. The molecule has 694 valence electrons. The standard InChI is InChI=1S/C85H104Cl2N12O28.CH4/c1-36(2)23-48(90-5)76(112)96-64-66(105)40-12-15-52(46(86)25-40)121-54-27-42-28-55(73(54)126-84-71(110)69(108)74(57(35-100)124-84)127-83-70(109)68(107)67(106)56(123-83)33-91-17-18-98-19-21-99(22-20-98)34-38-9-7-6-8-10-38)122-53-16-13-41(26-47(53)87)72(125-59-32-85(4,89)75(111)37(3)120-59)65-81(117)95-63(82(118)119)45-29-43(101)30-51(103)60(45)44-24-39(11-14-50(44)102)61(78(114)97-65)94-79(115)62(42)93-77(113)49(31-58(88)104)92-80(64)116;/h6-16,24-30,36-37,48-49,56-57,59,61-72,74-75,83-84,90-91,100-103,105-111H,17-23,31-35,89H2,1-5H3,(H2,88,104)(H,92,116)(H,93,113)(H,94,115)(H,95,117)(H,96,112)(H,97,114)(H,118,119);1H4/t37-,48+,49-,56+,57+,59?,61+,62+,63+,64?,65-,66+,67-,68-,69+,70+,71+,72+,74+,75-,83-,84-,85-;/m0./s1. The van der Waals surface area contributed by atoms with Gasteiger partial charge in [-0.2, -0.15) is 0 Å². The maximum atomic E-state index is 16.4. The van der Waals surface area contributed by atoms with Crippen molar-refractivity contribution in [2.45, 2.75) is 201 Å². The molecule has 6 aromatic rings. The predicted octanol–water partition coefficient (Wildman–Crippen LogP) is -0.0184. The molecule has 24 N–H and O–H groups in total. The number of carbonyl (C=O) groups is 8. The summed E-state index contributed by atoms with van der Waals surface area (Å²) >= 11 is 14.5. The van der Waals surface area contributed by atoms with Gasteiger partial charge in [-0.3, -0.25) is 43.4 Å². The number of aliphatic hydroxyl groups is 8. The number of nitrogens with zero attached hydrogens (tertiary/aromatic N) is 2. The Morgan fingerprint density at radius 2 is 1.27 bits per heavy atom. The van der Waals surface area contributed by atoms with E-state index in [2.05, 4.69) is 64.5 Å². The van der Waals surface area contributed by atoms with Gasteiger partial charge >= 0.3 is 5.97 Å². The van der Waals surface area contributed by atoms with Crippen LogP contribution in [0.15, 0.2) is 109 Å². The molecule has 9 heterocycles. The number of aromatic hydroxyl groups is 3. The zero-order valence-electron chi connectivity index (χ0n) is 69.4. The Morgan fingerprint density at radius 1 is 0.656 bits per heavy atom. The molecule has 4 saturated heterocycles. The van der Waals surface area contributed by atoms with Crippen LogP contribution in [0.3, 0.4) is 0 Å². The molecule has 40 nitrogen and oxygen atoms in total. The third-order valence-corrected chi connectivity index (χ3v) is 23.9. The van der Waals surface area contributed by atoms with E-state index in [1.54, 1.807) is 0 Å². The number of phenolic OH excluding ortho intramolecular Hbond substituents is 3. The number of halogens is 2. The molecule has 0 spiro atoms. The van der Waals surface area contributed by atoms with Gasteiger partial charge < -0.3 is 153 Å². The summed E-state index contributed by atoms with van der Waals surface area (Å²) < 4.78 is 51.4. The summed E-state index contributed by atoms with van der Waals surface area (Å²) in [7, 11) is 1.47. The molecule has 0 radical (unpaired) electrons. The minimum Gasteiger partial charge on any atom is -0.508 e. The van der Waals surface area contributed by atoms with Gasteiger partial charge in [0.25, 0.3) is 0 Å². The number of nitrogens with one attached hydrogen (secondary N) is 8. The molecule has 42 heteroatoms. The van der Waals surface area contributed by atoms with Crippen molar-refractivity contribution >= 4 is 70.5 Å². The molecular weight excluding hydrogens is 1720 g/mol. The molecule has 9 aliphatic rings. The SMILES string of the molecule is C.CN[C@H](CC(C)C)C(=O)NC1C(=O)N[C@@H](CC(N)=O)C(=O)N[C@H]2C(=O)N[C@H]3C(=O)N[C@H](C(=O)N[C@@H](C(=O)O)c4cc(O)cc(O)c4-c4cc3ccc4O)[C@H](OC3C[C@](C)(N)[C@@H](O)[C@H](C)O3)c3ccc(c(Cl)c3)Oc3cc2cc(c3O[C@@H]2O[C@H](CO)[C@@H](O[C@@H]3O[C@H](CNCCN4CCN(Cc5ccccc5)CC4)[C@H](O)[C@H](O)[C@H]3O)[C@H](O)[C@H]2O)Oc2ccc(cc2Cl)[C@H]1O. The number of hydrogen-bond donors (Lipinski definition) is 22. The van der Waals surface area contributed by atoms with Gasteiger partial charge in [0, 0.05) is 87.1 Å². The largest absolute Gasteiger partial charge is 0.508 e. The van der Waals surface area contributed by atoms with Crippen LogP contribution in [-0.2, 0) is 68.6 Å². The molecule has 11 bridgehead atoms. The highest BCUT2D eigenvalue weighted by Crippen LogP contribution is 2.50. The lowest BCUT2D eigenvalue weighted by Crippen LogP contribution is -2.65. The average Bonchev–Trinajstić information content (AvgIpc) is 0.761. The van der Waals surface area contributed by atoms with Crippen molar-refractivity contribution in [3.63, 3.8) is 0 Å². The van der Waals surface area contributed by atoms with Gasteiger partial charge in [0.15, 0.2) is 30.1 Å². The number of likely N-dealkylation sites (N-methyl/N-ethyl adjacent to an activating group) is 1. The maximum Gasteiger partial charge on any atom is 0.330 e. The smallest absolute Gasteiger partial charge is 0.330 e. The van der Waals surface area contributed by atoms with Gasteiger partial charge in [-0.15, -0.1) is 0 Å². The molecule has 7 amide bonds. The van der Waals surface area contributed by atoms with E-state index in [0.717, 1.165) is 99.5 Å². The fraction of sp³-hybridized carbons (Fsp3) is 0.488. The van der Waals surface area contributed by atoms with Crippen LogP contribution in [0.4, 0.5) is 0 Å². The summed E-state index contributed by atoms with van der Waals surface area (Å²) in [4.78, 5) is 125. The van der Waals surface area contributed by atoms with Gasteiger partial charge in [0.05, 0.1) is 41.3 Å². The zero-order chi connectivity index (χ0) is 91.5. The topological polar surface area (TPSA) is 608 Å². The quantitative estimate of drug-likeness (QED) is 0.0397. The normalized spacial score (nSPS) is 30.3. The number of benzene rings is 6. The Kier molecular flexibility index (Phi) is 31.2. The van der Waals surface area contributed by atoms with Crippen molar-refractivity contribution < 1.29 is 138 Å². The number of rotatable bonds is 22. The van der Waals surface area contributed by atoms with Gasteiger partial charge in [-0.1, -0.05) is 93.0 Å².